The van der Waals surface area contributed by atoms with Crippen molar-refractivity contribution in [3.05, 3.63) is 23.0 Å². The predicted octanol–water partition coefficient (Wildman–Crippen LogP) is 3.85. The number of hydrogen-bond acceptors (Lipinski definition) is 3. The number of aromatic nitrogens is 1. The van der Waals surface area contributed by atoms with Crippen molar-refractivity contribution in [1.82, 2.24) is 4.57 Å². The molecule has 0 saturated heterocycles. The molecule has 20 heavy (non-hydrogen) atoms. The van der Waals surface area contributed by atoms with E-state index in [0.29, 0.717) is 16.8 Å². The summed E-state index contributed by atoms with van der Waals surface area (Å²) < 4.78 is 21.0. The number of carbonyl (C=O) groups is 1. The summed E-state index contributed by atoms with van der Waals surface area (Å²) in [6.07, 6.45) is 0. The highest BCUT2D eigenvalue weighted by atomic mass is 32.1. The molecule has 0 aromatic carbocycles. The van der Waals surface area contributed by atoms with Crippen LogP contribution in [0.1, 0.15) is 10.5 Å². The Kier molecular flexibility index (Phi) is 4.31. The van der Waals surface area contributed by atoms with Crippen molar-refractivity contribution in [3.63, 3.8) is 0 Å². The van der Waals surface area contributed by atoms with Gasteiger partial charge in [0.1, 0.15) is 12.4 Å². The van der Waals surface area contributed by atoms with Crippen molar-refractivity contribution < 1.29 is 19.0 Å². The Bertz CT molecular complexity index is 629. The molecule has 0 unspecified atom stereocenters. The molecule has 0 aliphatic rings. The lowest BCUT2D eigenvalue weighted by atomic mass is 10.4. The molecule has 0 fully saturated rings. The van der Waals surface area contributed by atoms with Gasteiger partial charge in [-0.05, 0) is 12.1 Å². The first-order valence-electron chi connectivity index (χ1n) is 6.37. The molecule has 2 aromatic heterocycles. The zero-order valence-corrected chi connectivity index (χ0v) is 13.6. The molecule has 110 valence electrons. The summed E-state index contributed by atoms with van der Waals surface area (Å²) in [5.74, 6) is -1.03. The molecule has 4 nitrogen and oxygen atoms in total. The van der Waals surface area contributed by atoms with E-state index in [1.807, 2.05) is 0 Å². The Morgan fingerprint density at radius 3 is 2.75 bits per heavy atom. The molecule has 2 aromatic rings. The van der Waals surface area contributed by atoms with E-state index in [2.05, 4.69) is 19.6 Å². The van der Waals surface area contributed by atoms with Crippen LogP contribution in [0.3, 0.4) is 0 Å². The van der Waals surface area contributed by atoms with Gasteiger partial charge in [-0.15, -0.1) is 11.3 Å². The molecule has 0 bridgehead atoms. The average Bonchev–Trinajstić information content (AvgIpc) is 2.80. The Morgan fingerprint density at radius 1 is 1.45 bits per heavy atom. The van der Waals surface area contributed by atoms with Crippen molar-refractivity contribution in [3.8, 4) is 0 Å². The second-order valence-electron chi connectivity index (χ2n) is 5.91. The van der Waals surface area contributed by atoms with Crippen LogP contribution in [0.25, 0.3) is 10.2 Å². The molecular weight excluding hydrogens is 297 g/mol. The van der Waals surface area contributed by atoms with Crippen LogP contribution < -0.4 is 0 Å². The smallest absolute Gasteiger partial charge is 0.352 e. The zero-order valence-electron chi connectivity index (χ0n) is 11.8. The van der Waals surface area contributed by atoms with Gasteiger partial charge in [-0.3, -0.25) is 0 Å². The Hall–Kier alpha value is -1.18. The molecule has 2 heterocycles. The molecule has 7 heteroatoms. The van der Waals surface area contributed by atoms with Gasteiger partial charge >= 0.3 is 5.97 Å². The van der Waals surface area contributed by atoms with Crippen LogP contribution in [0.15, 0.2) is 12.1 Å². The molecule has 0 saturated carbocycles. The summed E-state index contributed by atoms with van der Waals surface area (Å²) in [6, 6.07) is 3.86. The summed E-state index contributed by atoms with van der Waals surface area (Å²) in [7, 11) is -1.17. The fraction of sp³-hybridized carbons (Fsp3) is 0.462. The molecule has 0 radical (unpaired) electrons. The van der Waals surface area contributed by atoms with Crippen molar-refractivity contribution in [2.45, 2.75) is 32.4 Å². The number of nitrogens with zero attached hydrogens (tertiary/aromatic N) is 1. The van der Waals surface area contributed by atoms with Crippen LogP contribution in [0.4, 0.5) is 4.39 Å². The lowest BCUT2D eigenvalue weighted by Gasteiger charge is -2.16. The summed E-state index contributed by atoms with van der Waals surface area (Å²) in [4.78, 5) is 11.2. The van der Waals surface area contributed by atoms with Crippen LogP contribution in [0.2, 0.25) is 25.7 Å². The Balaban J connectivity index is 2.14. The highest BCUT2D eigenvalue weighted by Gasteiger charge is 2.18. The van der Waals surface area contributed by atoms with Crippen LogP contribution in [0, 0.1) is 5.13 Å². The van der Waals surface area contributed by atoms with Gasteiger partial charge in [0.15, 0.2) is 5.13 Å². The van der Waals surface area contributed by atoms with E-state index >= 15 is 0 Å². The normalized spacial score (nSPS) is 12.2. The standard InChI is InChI=1S/C13H18FNO3SSi/c1-20(2,3)5-4-18-8-15-9-7-12(14)19-11(9)6-10(15)13(16)17/h6-7H,4-5,8H2,1-3H3,(H,16,17). The second kappa shape index (κ2) is 5.67. The maximum atomic E-state index is 13.2. The second-order valence-corrected chi connectivity index (χ2v) is 12.6. The molecule has 2 rings (SSSR count). The van der Waals surface area contributed by atoms with Gasteiger partial charge in [0.2, 0.25) is 0 Å². The number of aromatic carboxylic acids is 1. The minimum absolute atomic E-state index is 0.138. The monoisotopic (exact) mass is 315 g/mol. The maximum absolute atomic E-state index is 13.2. The van der Waals surface area contributed by atoms with Crippen molar-refractivity contribution in [1.29, 1.82) is 0 Å². The van der Waals surface area contributed by atoms with Gasteiger partial charge in [0.25, 0.3) is 0 Å². The lowest BCUT2D eigenvalue weighted by Crippen LogP contribution is -2.22. The number of thiophene rings is 1. The third-order valence-electron chi connectivity index (χ3n) is 3.00. The number of hydrogen-bond donors (Lipinski definition) is 1. The number of carboxylic acids is 1. The minimum Gasteiger partial charge on any atom is -0.477 e. The van der Waals surface area contributed by atoms with Crippen molar-refractivity contribution >= 4 is 35.6 Å². The predicted molar refractivity (Wildman–Crippen MR) is 80.8 cm³/mol. The third kappa shape index (κ3) is 3.47. The molecule has 0 aliphatic carbocycles. The summed E-state index contributed by atoms with van der Waals surface area (Å²) in [5.41, 5.74) is 0.720. The third-order valence-corrected chi connectivity index (χ3v) is 5.56. The van der Waals surface area contributed by atoms with E-state index in [-0.39, 0.29) is 17.6 Å². The fourth-order valence-electron chi connectivity index (χ4n) is 1.86. The van der Waals surface area contributed by atoms with Crippen molar-refractivity contribution in [2.75, 3.05) is 6.61 Å². The first kappa shape index (κ1) is 15.2. The molecule has 0 amide bonds. The van der Waals surface area contributed by atoms with Gasteiger partial charge < -0.3 is 14.4 Å². The fourth-order valence-corrected chi connectivity index (χ4v) is 3.44. The Labute approximate surface area is 121 Å². The van der Waals surface area contributed by atoms with E-state index in [1.54, 1.807) is 0 Å². The largest absolute Gasteiger partial charge is 0.477 e. The SMILES string of the molecule is C[Si](C)(C)CCOCn1c(C(=O)O)cc2sc(F)cc21. The first-order valence-corrected chi connectivity index (χ1v) is 10.9. The van der Waals surface area contributed by atoms with Gasteiger partial charge in [-0.1, -0.05) is 19.6 Å². The number of rotatable bonds is 6. The summed E-state index contributed by atoms with van der Waals surface area (Å²) >= 11 is 0.948. The summed E-state index contributed by atoms with van der Waals surface area (Å²) in [5, 5.41) is 8.86. The number of carboxylic acid groups (broad SMARTS) is 1. The number of fused-ring (bicyclic) bond motifs is 1. The minimum atomic E-state index is -1.17. The zero-order chi connectivity index (χ0) is 14.9. The maximum Gasteiger partial charge on any atom is 0.352 e. The quantitative estimate of drug-likeness (QED) is 0.650. The van der Waals surface area contributed by atoms with Crippen LogP contribution >= 0.6 is 11.3 Å². The summed E-state index contributed by atoms with van der Waals surface area (Å²) in [6.45, 7) is 7.50. The van der Waals surface area contributed by atoms with Crippen LogP contribution in [-0.2, 0) is 11.5 Å². The van der Waals surface area contributed by atoms with Crippen LogP contribution in [-0.4, -0.2) is 30.3 Å². The number of halogens is 1. The van der Waals surface area contributed by atoms with E-state index in [9.17, 15) is 14.3 Å². The van der Waals surface area contributed by atoms with Gasteiger partial charge in [-0.2, -0.15) is 4.39 Å². The van der Waals surface area contributed by atoms with E-state index < -0.39 is 14.0 Å². The molecule has 0 aliphatic heterocycles. The highest BCUT2D eigenvalue weighted by Crippen LogP contribution is 2.28. The molecular formula is C13H18FNO3SSi. The van der Waals surface area contributed by atoms with Gasteiger partial charge in [0, 0.05) is 20.7 Å². The highest BCUT2D eigenvalue weighted by molar-refractivity contribution is 7.17. The topological polar surface area (TPSA) is 51.5 Å². The molecule has 1 N–H and O–H groups in total. The van der Waals surface area contributed by atoms with Gasteiger partial charge in [0.05, 0.1) is 10.2 Å². The van der Waals surface area contributed by atoms with E-state index in [1.165, 1.54) is 16.7 Å². The molecule has 0 spiro atoms. The first-order chi connectivity index (χ1) is 9.28. The van der Waals surface area contributed by atoms with Gasteiger partial charge in [-0.25, -0.2) is 4.79 Å². The lowest BCUT2D eigenvalue weighted by molar-refractivity contribution is 0.0630. The average molecular weight is 315 g/mol. The van der Waals surface area contributed by atoms with E-state index in [0.717, 1.165) is 17.4 Å². The number of ether oxygens (including phenoxy) is 1. The Morgan fingerprint density at radius 2 is 2.15 bits per heavy atom. The van der Waals surface area contributed by atoms with Crippen molar-refractivity contribution in [2.24, 2.45) is 0 Å². The van der Waals surface area contributed by atoms with E-state index in [4.69, 9.17) is 4.74 Å². The molecule has 0 atom stereocenters. The van der Waals surface area contributed by atoms with Crippen LogP contribution in [0.5, 0.6) is 0 Å².